The average Bonchev–Trinajstić information content (AvgIpc) is 2.38. The van der Waals surface area contributed by atoms with Crippen molar-refractivity contribution in [1.29, 1.82) is 5.26 Å². The molecule has 96 valence electrons. The lowest BCUT2D eigenvalue weighted by Crippen LogP contribution is -1.98. The molecular weight excluding hydrogens is 324 g/mol. The summed E-state index contributed by atoms with van der Waals surface area (Å²) in [6, 6.07) is 14.4. The Kier molecular flexibility index (Phi) is 4.35. The molecule has 0 saturated heterocycles. The highest BCUT2D eigenvalue weighted by Gasteiger charge is 2.09. The molecule has 0 spiro atoms. The second-order valence-electron chi connectivity index (χ2n) is 3.99. The first-order valence-electron chi connectivity index (χ1n) is 5.52. The first-order valence-corrected chi connectivity index (χ1v) is 7.64. The van der Waals surface area contributed by atoms with Crippen molar-refractivity contribution < 1.29 is 4.21 Å². The van der Waals surface area contributed by atoms with Crippen LogP contribution >= 0.6 is 15.9 Å². The summed E-state index contributed by atoms with van der Waals surface area (Å²) in [7, 11) is -1.18. The molecule has 0 fully saturated rings. The summed E-state index contributed by atoms with van der Waals surface area (Å²) in [5, 5.41) is 8.84. The number of nitrogens with two attached hydrogens (primary N) is 1. The average molecular weight is 335 g/mol. The van der Waals surface area contributed by atoms with Crippen molar-refractivity contribution in [1.82, 2.24) is 0 Å². The lowest BCUT2D eigenvalue weighted by Gasteiger charge is -2.06. The van der Waals surface area contributed by atoms with Gasteiger partial charge in [-0.25, -0.2) is 0 Å². The molecule has 0 aliphatic carbocycles. The van der Waals surface area contributed by atoms with Gasteiger partial charge >= 0.3 is 0 Å². The third kappa shape index (κ3) is 3.43. The van der Waals surface area contributed by atoms with Gasteiger partial charge in [0.1, 0.15) is 0 Å². The van der Waals surface area contributed by atoms with Crippen LogP contribution in [0.25, 0.3) is 0 Å². The monoisotopic (exact) mass is 334 g/mol. The summed E-state index contributed by atoms with van der Waals surface area (Å²) in [6.07, 6.45) is 0. The highest BCUT2D eigenvalue weighted by molar-refractivity contribution is 9.10. The zero-order chi connectivity index (χ0) is 13.8. The molecule has 0 amide bonds. The van der Waals surface area contributed by atoms with E-state index in [1.54, 1.807) is 36.4 Å². The maximum absolute atomic E-state index is 12.3. The maximum Gasteiger partial charge on any atom is 0.0991 e. The van der Waals surface area contributed by atoms with Crippen molar-refractivity contribution in [3.8, 4) is 6.07 Å². The molecule has 0 saturated carbocycles. The van der Waals surface area contributed by atoms with Crippen molar-refractivity contribution in [3.05, 3.63) is 58.1 Å². The van der Waals surface area contributed by atoms with Crippen molar-refractivity contribution in [2.45, 2.75) is 10.6 Å². The van der Waals surface area contributed by atoms with Crippen LogP contribution in [-0.4, -0.2) is 4.21 Å². The van der Waals surface area contributed by atoms with Crippen LogP contribution in [0.15, 0.2) is 51.8 Å². The second-order valence-corrected chi connectivity index (χ2v) is 6.27. The number of nitrogen functional groups attached to an aromatic ring is 1. The molecule has 0 aliphatic heterocycles. The van der Waals surface area contributed by atoms with Crippen molar-refractivity contribution in [3.63, 3.8) is 0 Å². The van der Waals surface area contributed by atoms with Crippen molar-refractivity contribution in [2.24, 2.45) is 0 Å². The number of halogens is 1. The smallest absolute Gasteiger partial charge is 0.0991 e. The number of hydrogen-bond acceptors (Lipinski definition) is 3. The largest absolute Gasteiger partial charge is 0.399 e. The topological polar surface area (TPSA) is 66.9 Å². The van der Waals surface area contributed by atoms with Gasteiger partial charge in [0.05, 0.1) is 33.1 Å². The Labute approximate surface area is 122 Å². The molecule has 2 N–H and O–H groups in total. The highest BCUT2D eigenvalue weighted by Crippen LogP contribution is 2.24. The highest BCUT2D eigenvalue weighted by atomic mass is 79.9. The molecule has 2 rings (SSSR count). The summed E-state index contributed by atoms with van der Waals surface area (Å²) in [6.45, 7) is 0. The molecule has 1 atom stereocenters. The molecule has 0 aromatic heterocycles. The molecule has 2 aromatic rings. The van der Waals surface area contributed by atoms with E-state index in [0.717, 1.165) is 10.0 Å². The van der Waals surface area contributed by atoms with Gasteiger partial charge < -0.3 is 5.73 Å². The van der Waals surface area contributed by atoms with Gasteiger partial charge in [-0.3, -0.25) is 4.21 Å². The Balaban J connectivity index is 2.23. The first-order chi connectivity index (χ1) is 9.10. The van der Waals surface area contributed by atoms with Gasteiger partial charge in [-0.15, -0.1) is 0 Å². The normalized spacial score (nSPS) is 11.8. The maximum atomic E-state index is 12.3. The lowest BCUT2D eigenvalue weighted by molar-refractivity contribution is 0.682. The zero-order valence-electron chi connectivity index (χ0n) is 9.97. The molecule has 19 heavy (non-hydrogen) atoms. The summed E-state index contributed by atoms with van der Waals surface area (Å²) in [5.74, 6) is 0.373. The number of anilines is 1. The number of hydrogen-bond donors (Lipinski definition) is 1. The first kappa shape index (κ1) is 13.8. The third-order valence-electron chi connectivity index (χ3n) is 2.56. The summed E-state index contributed by atoms with van der Waals surface area (Å²) in [5.41, 5.74) is 7.73. The lowest BCUT2D eigenvalue weighted by atomic mass is 10.2. The third-order valence-corrected chi connectivity index (χ3v) is 4.92. The minimum absolute atomic E-state index is 0.373. The minimum atomic E-state index is -1.18. The fourth-order valence-corrected chi connectivity index (χ4v) is 3.73. The van der Waals surface area contributed by atoms with Crippen LogP contribution in [0, 0.1) is 11.3 Å². The molecular formula is C14H11BrN2OS. The second kappa shape index (κ2) is 6.00. The molecule has 2 aromatic carbocycles. The summed E-state index contributed by atoms with van der Waals surface area (Å²) in [4.78, 5) is 0.705. The quantitative estimate of drug-likeness (QED) is 0.876. The van der Waals surface area contributed by atoms with E-state index in [2.05, 4.69) is 22.0 Å². The molecule has 5 heteroatoms. The van der Waals surface area contributed by atoms with Crippen LogP contribution in [0.1, 0.15) is 11.1 Å². The van der Waals surface area contributed by atoms with E-state index >= 15 is 0 Å². The van der Waals surface area contributed by atoms with Crippen molar-refractivity contribution in [2.75, 3.05) is 5.73 Å². The Morgan fingerprint density at radius 3 is 2.74 bits per heavy atom. The van der Waals surface area contributed by atoms with Crippen LogP contribution in [0.3, 0.4) is 0 Å². The Morgan fingerprint density at radius 2 is 2.05 bits per heavy atom. The van der Waals surface area contributed by atoms with E-state index in [9.17, 15) is 4.21 Å². The van der Waals surface area contributed by atoms with E-state index < -0.39 is 10.8 Å². The summed E-state index contributed by atoms with van der Waals surface area (Å²) >= 11 is 3.36. The number of rotatable bonds is 3. The van der Waals surface area contributed by atoms with Gasteiger partial charge in [-0.2, -0.15) is 5.26 Å². The predicted molar refractivity (Wildman–Crippen MR) is 79.8 cm³/mol. The molecule has 0 heterocycles. The Morgan fingerprint density at radius 1 is 1.26 bits per heavy atom. The number of benzene rings is 2. The fraction of sp³-hybridized carbons (Fsp3) is 0.0714. The van der Waals surface area contributed by atoms with Crippen LogP contribution in [0.2, 0.25) is 0 Å². The van der Waals surface area contributed by atoms with E-state index in [1.807, 2.05) is 6.07 Å². The standard InChI is InChI=1S/C14H11BrN2OS/c15-13-7-12(17)4-5-14(13)19(18)9-11-3-1-2-10(6-11)8-16/h1-7H,9,17H2. The Hall–Kier alpha value is -1.64. The van der Waals surface area contributed by atoms with Gasteiger partial charge in [0.15, 0.2) is 0 Å². The number of nitrogens with zero attached hydrogens (tertiary/aromatic N) is 1. The SMILES string of the molecule is N#Cc1cccc(CS(=O)c2ccc(N)cc2Br)c1. The molecule has 0 bridgehead atoms. The van der Waals surface area contributed by atoms with Crippen LogP contribution < -0.4 is 5.73 Å². The van der Waals surface area contributed by atoms with Gasteiger partial charge in [-0.05, 0) is 51.8 Å². The van der Waals surface area contributed by atoms with Gasteiger partial charge in [0.2, 0.25) is 0 Å². The molecule has 3 nitrogen and oxygen atoms in total. The van der Waals surface area contributed by atoms with Gasteiger partial charge in [0, 0.05) is 10.2 Å². The van der Waals surface area contributed by atoms with Crippen LogP contribution in [0.5, 0.6) is 0 Å². The predicted octanol–water partition coefficient (Wildman–Crippen LogP) is 3.21. The molecule has 0 aliphatic rings. The molecule has 0 radical (unpaired) electrons. The van der Waals surface area contributed by atoms with Crippen molar-refractivity contribution >= 4 is 32.4 Å². The van der Waals surface area contributed by atoms with E-state index in [0.29, 0.717) is 21.9 Å². The van der Waals surface area contributed by atoms with E-state index in [-0.39, 0.29) is 0 Å². The molecule has 1 unspecified atom stereocenters. The van der Waals surface area contributed by atoms with E-state index in [4.69, 9.17) is 11.0 Å². The fourth-order valence-electron chi connectivity index (χ4n) is 1.66. The zero-order valence-corrected chi connectivity index (χ0v) is 12.4. The Bertz CT molecular complexity index is 679. The van der Waals surface area contributed by atoms with Gasteiger partial charge in [-0.1, -0.05) is 12.1 Å². The van der Waals surface area contributed by atoms with E-state index in [1.165, 1.54) is 0 Å². The van der Waals surface area contributed by atoms with Crippen LogP contribution in [-0.2, 0) is 16.6 Å². The number of nitriles is 1. The minimum Gasteiger partial charge on any atom is -0.399 e. The van der Waals surface area contributed by atoms with Crippen LogP contribution in [0.4, 0.5) is 5.69 Å². The van der Waals surface area contributed by atoms with Gasteiger partial charge in [0.25, 0.3) is 0 Å². The summed E-state index contributed by atoms with van der Waals surface area (Å²) < 4.78 is 13.0.